The van der Waals surface area contributed by atoms with Crippen LogP contribution in [0.2, 0.25) is 0 Å². The summed E-state index contributed by atoms with van der Waals surface area (Å²) in [7, 11) is 2.92. The van der Waals surface area contributed by atoms with E-state index in [-0.39, 0.29) is 18.8 Å². The Bertz CT molecular complexity index is 740. The average Bonchev–Trinajstić information content (AvgIpc) is 3.01. The molecule has 30 heavy (non-hydrogen) atoms. The maximum Gasteiger partial charge on any atom is 0.410 e. The molecular weight excluding hydrogens is 392 g/mol. The van der Waals surface area contributed by atoms with Crippen LogP contribution in [0.5, 0.6) is 0 Å². The topological polar surface area (TPSA) is 126 Å². The standard InChI is InChI=1S/C20H34N4O6/c1-12(2)11-15(24(8)19(28)29-20(4,5)6)17(25)23(7)14(18(26)27)9-10-16-21-13(3)22-30-16/h12,14-15H,9-11H2,1-8H3,(H,26,27)/t14-,15+/m1/s1. The van der Waals surface area contributed by atoms with Crippen LogP contribution in [0, 0.1) is 12.8 Å². The summed E-state index contributed by atoms with van der Waals surface area (Å²) in [6.07, 6.45) is 0.0486. The van der Waals surface area contributed by atoms with Gasteiger partial charge in [0.05, 0.1) is 0 Å². The van der Waals surface area contributed by atoms with Gasteiger partial charge in [-0.25, -0.2) is 9.59 Å². The number of amides is 2. The van der Waals surface area contributed by atoms with E-state index >= 15 is 0 Å². The number of ether oxygens (including phenoxy) is 1. The third kappa shape index (κ3) is 7.64. The number of carboxylic acid groups (broad SMARTS) is 1. The van der Waals surface area contributed by atoms with Gasteiger partial charge < -0.3 is 19.3 Å². The fraction of sp³-hybridized carbons (Fsp3) is 0.750. The van der Waals surface area contributed by atoms with E-state index in [1.165, 1.54) is 23.9 Å². The molecule has 1 N–H and O–H groups in total. The molecule has 10 nitrogen and oxygen atoms in total. The van der Waals surface area contributed by atoms with E-state index < -0.39 is 35.7 Å². The SMILES string of the molecule is Cc1noc(CC[C@H](C(=O)O)N(C)C(=O)[C@H](CC(C)C)N(C)C(=O)OC(C)(C)C)n1. The van der Waals surface area contributed by atoms with Crippen LogP contribution < -0.4 is 0 Å². The van der Waals surface area contributed by atoms with Crippen molar-refractivity contribution < 1.29 is 28.8 Å². The highest BCUT2D eigenvalue weighted by atomic mass is 16.6. The molecule has 0 spiro atoms. The lowest BCUT2D eigenvalue weighted by Gasteiger charge is -2.35. The van der Waals surface area contributed by atoms with E-state index in [9.17, 15) is 19.5 Å². The number of nitrogens with zero attached hydrogens (tertiary/aromatic N) is 4. The van der Waals surface area contributed by atoms with Crippen molar-refractivity contribution in [1.82, 2.24) is 19.9 Å². The minimum absolute atomic E-state index is 0.0990. The molecule has 0 radical (unpaired) electrons. The molecule has 0 aliphatic carbocycles. The van der Waals surface area contributed by atoms with Crippen molar-refractivity contribution in [2.75, 3.05) is 14.1 Å². The van der Waals surface area contributed by atoms with Crippen molar-refractivity contribution >= 4 is 18.0 Å². The molecule has 0 bridgehead atoms. The number of hydrogen-bond donors (Lipinski definition) is 1. The van der Waals surface area contributed by atoms with Crippen molar-refractivity contribution in [2.24, 2.45) is 5.92 Å². The van der Waals surface area contributed by atoms with Gasteiger partial charge >= 0.3 is 12.1 Å². The van der Waals surface area contributed by atoms with Crippen LogP contribution >= 0.6 is 0 Å². The van der Waals surface area contributed by atoms with Crippen LogP contribution in [0.3, 0.4) is 0 Å². The molecular formula is C20H34N4O6. The second kappa shape index (κ2) is 10.4. The number of hydrogen-bond acceptors (Lipinski definition) is 7. The van der Waals surface area contributed by atoms with E-state index in [0.717, 1.165) is 0 Å². The predicted molar refractivity (Wildman–Crippen MR) is 109 cm³/mol. The fourth-order valence-corrected chi connectivity index (χ4v) is 2.91. The first kappa shape index (κ1) is 25.4. The van der Waals surface area contributed by atoms with Crippen molar-refractivity contribution in [1.29, 1.82) is 0 Å². The number of aliphatic carboxylic acids is 1. The number of carbonyl (C=O) groups is 3. The summed E-state index contributed by atoms with van der Waals surface area (Å²) in [5.41, 5.74) is -0.714. The van der Waals surface area contributed by atoms with E-state index in [1.54, 1.807) is 27.7 Å². The van der Waals surface area contributed by atoms with Gasteiger partial charge in [0.1, 0.15) is 17.7 Å². The molecule has 170 valence electrons. The molecule has 2 atom stereocenters. The number of aromatic nitrogens is 2. The number of aryl methyl sites for hydroxylation is 2. The third-order valence-corrected chi connectivity index (χ3v) is 4.43. The Hall–Kier alpha value is -2.65. The van der Waals surface area contributed by atoms with Crippen molar-refractivity contribution in [3.63, 3.8) is 0 Å². The summed E-state index contributed by atoms with van der Waals surface area (Å²) < 4.78 is 10.4. The first-order valence-corrected chi connectivity index (χ1v) is 9.97. The first-order chi connectivity index (χ1) is 13.7. The number of likely N-dealkylation sites (N-methyl/N-ethyl adjacent to an activating group) is 2. The lowest BCUT2D eigenvalue weighted by atomic mass is 10.0. The lowest BCUT2D eigenvalue weighted by Crippen LogP contribution is -2.54. The smallest absolute Gasteiger partial charge is 0.410 e. The molecule has 0 aromatic carbocycles. The molecule has 0 saturated carbocycles. The van der Waals surface area contributed by atoms with Crippen LogP contribution in [0.4, 0.5) is 4.79 Å². The van der Waals surface area contributed by atoms with Gasteiger partial charge in [0.25, 0.3) is 0 Å². The van der Waals surface area contributed by atoms with Crippen molar-refractivity contribution in [3.8, 4) is 0 Å². The molecule has 0 saturated heterocycles. The van der Waals surface area contributed by atoms with Gasteiger partial charge in [0.2, 0.25) is 11.8 Å². The zero-order valence-corrected chi connectivity index (χ0v) is 19.1. The van der Waals surface area contributed by atoms with Gasteiger partial charge in [-0.3, -0.25) is 9.69 Å². The molecule has 1 aromatic heterocycles. The average molecular weight is 427 g/mol. The van der Waals surface area contributed by atoms with Crippen LogP contribution in [-0.4, -0.2) is 74.8 Å². The number of carboxylic acids is 1. The first-order valence-electron chi connectivity index (χ1n) is 9.97. The zero-order valence-electron chi connectivity index (χ0n) is 19.1. The highest BCUT2D eigenvalue weighted by Gasteiger charge is 2.36. The zero-order chi connectivity index (χ0) is 23.2. The third-order valence-electron chi connectivity index (χ3n) is 4.43. The van der Waals surface area contributed by atoms with Crippen LogP contribution in [0.15, 0.2) is 4.52 Å². The van der Waals surface area contributed by atoms with E-state index in [4.69, 9.17) is 9.26 Å². The molecule has 0 fully saturated rings. The predicted octanol–water partition coefficient (Wildman–Crippen LogP) is 2.50. The van der Waals surface area contributed by atoms with Gasteiger partial charge in [-0.2, -0.15) is 4.98 Å². The van der Waals surface area contributed by atoms with Crippen molar-refractivity contribution in [3.05, 3.63) is 11.7 Å². The molecule has 0 aliphatic heterocycles. The van der Waals surface area contributed by atoms with Gasteiger partial charge in [-0.05, 0) is 46.5 Å². The Labute approximate surface area is 177 Å². The van der Waals surface area contributed by atoms with Gasteiger partial charge in [-0.1, -0.05) is 19.0 Å². The quantitative estimate of drug-likeness (QED) is 0.638. The van der Waals surface area contributed by atoms with Gasteiger partial charge in [-0.15, -0.1) is 0 Å². The van der Waals surface area contributed by atoms with Crippen LogP contribution in [0.25, 0.3) is 0 Å². The Morgan fingerprint density at radius 1 is 1.13 bits per heavy atom. The Morgan fingerprint density at radius 2 is 1.73 bits per heavy atom. The Kier molecular flexibility index (Phi) is 8.80. The second-order valence-corrected chi connectivity index (χ2v) is 8.81. The largest absolute Gasteiger partial charge is 0.480 e. The molecule has 10 heteroatoms. The van der Waals surface area contributed by atoms with E-state index in [2.05, 4.69) is 10.1 Å². The fourth-order valence-electron chi connectivity index (χ4n) is 2.91. The maximum atomic E-state index is 13.2. The van der Waals surface area contributed by atoms with Gasteiger partial charge in [0, 0.05) is 20.5 Å². The monoisotopic (exact) mass is 426 g/mol. The Balaban J connectivity index is 3.00. The highest BCUT2D eigenvalue weighted by molar-refractivity contribution is 5.89. The summed E-state index contributed by atoms with van der Waals surface area (Å²) in [6, 6.07) is -1.95. The molecule has 1 aromatic rings. The summed E-state index contributed by atoms with van der Waals surface area (Å²) in [6.45, 7) is 10.7. The van der Waals surface area contributed by atoms with Gasteiger partial charge in [0.15, 0.2) is 5.82 Å². The highest BCUT2D eigenvalue weighted by Crippen LogP contribution is 2.19. The molecule has 0 aliphatic rings. The summed E-state index contributed by atoms with van der Waals surface area (Å²) >= 11 is 0. The van der Waals surface area contributed by atoms with Crippen LogP contribution in [-0.2, 0) is 20.7 Å². The van der Waals surface area contributed by atoms with Crippen molar-refractivity contribution in [2.45, 2.75) is 78.5 Å². The molecule has 1 rings (SSSR count). The molecule has 2 amide bonds. The minimum Gasteiger partial charge on any atom is -0.480 e. The molecule has 0 unspecified atom stereocenters. The minimum atomic E-state index is -1.15. The summed E-state index contributed by atoms with van der Waals surface area (Å²) in [4.78, 5) is 44.0. The summed E-state index contributed by atoms with van der Waals surface area (Å²) in [5.74, 6) is -0.750. The number of rotatable bonds is 9. The second-order valence-electron chi connectivity index (χ2n) is 8.81. The van der Waals surface area contributed by atoms with Crippen LogP contribution in [0.1, 0.15) is 59.2 Å². The molecule has 1 heterocycles. The normalized spacial score (nSPS) is 13.6. The number of carbonyl (C=O) groups excluding carboxylic acids is 2. The summed E-state index contributed by atoms with van der Waals surface area (Å²) in [5, 5.41) is 13.4. The van der Waals surface area contributed by atoms with E-state index in [1.807, 2.05) is 13.8 Å². The Morgan fingerprint density at radius 3 is 2.17 bits per heavy atom. The van der Waals surface area contributed by atoms with E-state index in [0.29, 0.717) is 18.1 Å². The lowest BCUT2D eigenvalue weighted by molar-refractivity contribution is -0.151. The maximum absolute atomic E-state index is 13.2.